The molecule has 0 aliphatic heterocycles. The van der Waals surface area contributed by atoms with E-state index in [2.05, 4.69) is 15.3 Å². The predicted octanol–water partition coefficient (Wildman–Crippen LogP) is 3.62. The Balaban J connectivity index is 2.06. The third-order valence-corrected chi connectivity index (χ3v) is 3.54. The Morgan fingerprint density at radius 1 is 1.26 bits per heavy atom. The average molecular weight is 307 g/mol. The quantitative estimate of drug-likeness (QED) is 0.629. The molecule has 0 saturated heterocycles. The number of nitrogens with one attached hydrogen (secondary N) is 2. The lowest BCUT2D eigenvalue weighted by atomic mass is 10.0. The van der Waals surface area contributed by atoms with Crippen LogP contribution in [0.2, 0.25) is 0 Å². The topological polar surface area (TPSA) is 78.0 Å². The van der Waals surface area contributed by atoms with Crippen molar-refractivity contribution < 1.29 is 9.90 Å². The van der Waals surface area contributed by atoms with Gasteiger partial charge in [0, 0.05) is 23.7 Å². The number of nitrogens with zero attached hydrogens (tertiary/aromatic N) is 1. The standard InChI is InChI=1S/C18H17N3O2/c1-2-19-16-9-8-14-13(11-20-17(14)21-16)10-15(18(22)23)12-6-4-3-5-7-12/h3-11H,2H2,1H3,(H,22,23)(H2,19,20,21)/b15-10+. The molecule has 5 heteroatoms. The fourth-order valence-corrected chi connectivity index (χ4v) is 2.47. The first-order valence-electron chi connectivity index (χ1n) is 7.41. The number of aromatic amines is 1. The van der Waals surface area contributed by atoms with Crippen molar-refractivity contribution in [3.8, 4) is 0 Å². The Hall–Kier alpha value is -3.08. The zero-order valence-corrected chi connectivity index (χ0v) is 12.7. The SMILES string of the molecule is CCNc1ccc2c(/C=C(/C(=O)O)c3ccccc3)c[nH]c2n1. The molecular weight excluding hydrogens is 290 g/mol. The van der Waals surface area contributed by atoms with Gasteiger partial charge >= 0.3 is 5.97 Å². The maximum atomic E-state index is 11.6. The fraction of sp³-hybridized carbons (Fsp3) is 0.111. The zero-order valence-electron chi connectivity index (χ0n) is 12.7. The second-order valence-electron chi connectivity index (χ2n) is 5.10. The molecule has 3 aromatic rings. The number of hydrogen-bond acceptors (Lipinski definition) is 3. The first-order chi connectivity index (χ1) is 11.2. The molecule has 0 aliphatic carbocycles. The fourth-order valence-electron chi connectivity index (χ4n) is 2.47. The lowest BCUT2D eigenvalue weighted by molar-refractivity contribution is -0.130. The number of anilines is 1. The smallest absolute Gasteiger partial charge is 0.336 e. The van der Waals surface area contributed by atoms with E-state index in [9.17, 15) is 9.90 Å². The first-order valence-corrected chi connectivity index (χ1v) is 7.41. The summed E-state index contributed by atoms with van der Waals surface area (Å²) in [4.78, 5) is 19.2. The van der Waals surface area contributed by atoms with Crippen LogP contribution in [0.3, 0.4) is 0 Å². The molecule has 3 N–H and O–H groups in total. The van der Waals surface area contributed by atoms with Crippen LogP contribution < -0.4 is 5.32 Å². The Morgan fingerprint density at radius 2 is 2.04 bits per heavy atom. The summed E-state index contributed by atoms with van der Waals surface area (Å²) in [6.45, 7) is 2.80. The van der Waals surface area contributed by atoms with Crippen molar-refractivity contribution in [3.05, 3.63) is 59.8 Å². The summed E-state index contributed by atoms with van der Waals surface area (Å²) < 4.78 is 0. The zero-order chi connectivity index (χ0) is 16.2. The van der Waals surface area contributed by atoms with E-state index in [1.54, 1.807) is 24.4 Å². The third-order valence-electron chi connectivity index (χ3n) is 3.54. The molecule has 0 amide bonds. The molecule has 23 heavy (non-hydrogen) atoms. The molecule has 0 spiro atoms. The number of fused-ring (bicyclic) bond motifs is 1. The molecule has 0 unspecified atom stereocenters. The van der Waals surface area contributed by atoms with Gasteiger partial charge in [-0.25, -0.2) is 9.78 Å². The minimum absolute atomic E-state index is 0.252. The number of benzene rings is 1. The Labute approximate surface area is 133 Å². The highest BCUT2D eigenvalue weighted by Gasteiger charge is 2.12. The normalized spacial score (nSPS) is 11.6. The largest absolute Gasteiger partial charge is 0.478 e. The molecule has 0 radical (unpaired) electrons. The molecule has 0 saturated carbocycles. The second-order valence-corrected chi connectivity index (χ2v) is 5.10. The molecule has 0 bridgehead atoms. The van der Waals surface area contributed by atoms with Gasteiger partial charge in [0.2, 0.25) is 0 Å². The molecule has 1 aromatic carbocycles. The predicted molar refractivity (Wildman–Crippen MR) is 92.2 cm³/mol. The highest BCUT2D eigenvalue weighted by molar-refractivity contribution is 6.21. The number of aromatic nitrogens is 2. The van der Waals surface area contributed by atoms with Gasteiger partial charge in [0.05, 0.1) is 5.57 Å². The summed E-state index contributed by atoms with van der Waals surface area (Å²) in [5.41, 5.74) is 2.46. The van der Waals surface area contributed by atoms with Crippen LogP contribution in [0, 0.1) is 0 Å². The molecular formula is C18H17N3O2. The molecule has 0 fully saturated rings. The van der Waals surface area contributed by atoms with Crippen LogP contribution in [0.25, 0.3) is 22.7 Å². The van der Waals surface area contributed by atoms with Crippen LogP contribution >= 0.6 is 0 Å². The van der Waals surface area contributed by atoms with Gasteiger partial charge in [0.1, 0.15) is 11.5 Å². The second kappa shape index (κ2) is 6.36. The molecule has 116 valence electrons. The van der Waals surface area contributed by atoms with Crippen LogP contribution in [0.4, 0.5) is 5.82 Å². The van der Waals surface area contributed by atoms with Crippen molar-refractivity contribution in [2.75, 3.05) is 11.9 Å². The number of carboxylic acids is 1. The van der Waals surface area contributed by atoms with Gasteiger partial charge in [0.15, 0.2) is 0 Å². The van der Waals surface area contributed by atoms with E-state index < -0.39 is 5.97 Å². The van der Waals surface area contributed by atoms with Crippen LogP contribution in [-0.2, 0) is 4.79 Å². The van der Waals surface area contributed by atoms with Crippen LogP contribution in [0.1, 0.15) is 18.1 Å². The Morgan fingerprint density at radius 3 is 2.74 bits per heavy atom. The molecule has 0 aliphatic rings. The highest BCUT2D eigenvalue weighted by atomic mass is 16.4. The minimum Gasteiger partial charge on any atom is -0.478 e. The number of aliphatic carboxylic acids is 1. The van der Waals surface area contributed by atoms with Gasteiger partial charge in [0.25, 0.3) is 0 Å². The maximum absolute atomic E-state index is 11.6. The van der Waals surface area contributed by atoms with Gasteiger partial charge in [-0.05, 0) is 30.7 Å². The molecule has 0 atom stereocenters. The maximum Gasteiger partial charge on any atom is 0.336 e. The van der Waals surface area contributed by atoms with Crippen molar-refractivity contribution in [2.45, 2.75) is 6.92 Å². The monoisotopic (exact) mass is 307 g/mol. The average Bonchev–Trinajstić information content (AvgIpc) is 2.95. The van der Waals surface area contributed by atoms with Crippen LogP contribution in [0.15, 0.2) is 48.7 Å². The van der Waals surface area contributed by atoms with Crippen molar-refractivity contribution in [1.29, 1.82) is 0 Å². The molecule has 3 rings (SSSR count). The Bertz CT molecular complexity index is 866. The summed E-state index contributed by atoms with van der Waals surface area (Å²) in [6.07, 6.45) is 3.45. The van der Waals surface area contributed by atoms with Gasteiger partial charge in [-0.15, -0.1) is 0 Å². The van der Waals surface area contributed by atoms with E-state index in [4.69, 9.17) is 0 Å². The summed E-state index contributed by atoms with van der Waals surface area (Å²) in [6, 6.07) is 12.9. The highest BCUT2D eigenvalue weighted by Crippen LogP contribution is 2.24. The van der Waals surface area contributed by atoms with Crippen LogP contribution in [0.5, 0.6) is 0 Å². The van der Waals surface area contributed by atoms with E-state index >= 15 is 0 Å². The van der Waals surface area contributed by atoms with Crippen molar-refractivity contribution >= 4 is 34.5 Å². The van der Waals surface area contributed by atoms with Crippen molar-refractivity contribution in [1.82, 2.24) is 9.97 Å². The van der Waals surface area contributed by atoms with E-state index in [0.29, 0.717) is 5.56 Å². The van der Waals surface area contributed by atoms with Gasteiger partial charge < -0.3 is 15.4 Å². The number of carbonyl (C=O) groups is 1. The first kappa shape index (κ1) is 14.8. The van der Waals surface area contributed by atoms with Gasteiger partial charge in [-0.2, -0.15) is 0 Å². The summed E-state index contributed by atoms with van der Waals surface area (Å²) in [7, 11) is 0. The summed E-state index contributed by atoms with van der Waals surface area (Å²) in [5, 5.41) is 13.6. The summed E-state index contributed by atoms with van der Waals surface area (Å²) in [5.74, 6) is -0.165. The number of carboxylic acid groups (broad SMARTS) is 1. The van der Waals surface area contributed by atoms with E-state index in [-0.39, 0.29) is 5.57 Å². The number of H-pyrrole nitrogens is 1. The van der Waals surface area contributed by atoms with Crippen molar-refractivity contribution in [2.24, 2.45) is 0 Å². The molecule has 2 heterocycles. The number of pyridine rings is 1. The van der Waals surface area contributed by atoms with E-state index in [0.717, 1.165) is 29.0 Å². The van der Waals surface area contributed by atoms with Crippen molar-refractivity contribution in [3.63, 3.8) is 0 Å². The Kier molecular flexibility index (Phi) is 4.10. The number of rotatable bonds is 5. The lowest BCUT2D eigenvalue weighted by Gasteiger charge is -2.03. The van der Waals surface area contributed by atoms with Gasteiger partial charge in [-0.1, -0.05) is 30.3 Å². The third kappa shape index (κ3) is 3.08. The van der Waals surface area contributed by atoms with E-state index in [1.165, 1.54) is 0 Å². The summed E-state index contributed by atoms with van der Waals surface area (Å²) >= 11 is 0. The molecule has 5 nitrogen and oxygen atoms in total. The minimum atomic E-state index is -0.956. The van der Waals surface area contributed by atoms with Crippen LogP contribution in [-0.4, -0.2) is 27.6 Å². The lowest BCUT2D eigenvalue weighted by Crippen LogP contribution is -1.99. The molecule has 2 aromatic heterocycles. The van der Waals surface area contributed by atoms with E-state index in [1.807, 2.05) is 37.3 Å². The number of hydrogen-bond donors (Lipinski definition) is 3. The van der Waals surface area contributed by atoms with Gasteiger partial charge in [-0.3, -0.25) is 0 Å².